The Hall–Kier alpha value is -3.76. The third-order valence-corrected chi connectivity index (χ3v) is 5.84. The highest BCUT2D eigenvalue weighted by Crippen LogP contribution is 2.46. The maximum atomic E-state index is 5.04. The van der Waals surface area contributed by atoms with Gasteiger partial charge in [-0.3, -0.25) is 4.98 Å². The molecular formula is C26H19N3S. The molecule has 0 spiro atoms. The first-order chi connectivity index (χ1) is 14.9. The van der Waals surface area contributed by atoms with E-state index in [2.05, 4.69) is 70.5 Å². The lowest BCUT2D eigenvalue weighted by atomic mass is 10.1. The Morgan fingerprint density at radius 1 is 0.600 bits per heavy atom. The van der Waals surface area contributed by atoms with Gasteiger partial charge in [0.05, 0.1) is 5.69 Å². The molecule has 0 fully saturated rings. The fourth-order valence-electron chi connectivity index (χ4n) is 3.38. The molecule has 0 amide bonds. The third-order valence-electron chi connectivity index (χ3n) is 4.77. The van der Waals surface area contributed by atoms with Gasteiger partial charge in [0.2, 0.25) is 0 Å². The van der Waals surface area contributed by atoms with Crippen molar-refractivity contribution in [2.75, 3.05) is 4.90 Å². The summed E-state index contributed by atoms with van der Waals surface area (Å²) >= 11 is 1.66. The van der Waals surface area contributed by atoms with Crippen LogP contribution in [0.2, 0.25) is 0 Å². The van der Waals surface area contributed by atoms with Crippen LogP contribution in [0.3, 0.4) is 0 Å². The van der Waals surface area contributed by atoms with Crippen molar-refractivity contribution in [3.05, 3.63) is 115 Å². The van der Waals surface area contributed by atoms with Crippen molar-refractivity contribution >= 4 is 27.7 Å². The van der Waals surface area contributed by atoms with Crippen molar-refractivity contribution in [1.82, 2.24) is 9.97 Å². The van der Waals surface area contributed by atoms with Crippen molar-refractivity contribution in [3.63, 3.8) is 0 Å². The highest BCUT2D eigenvalue weighted by Gasteiger charge is 2.22. The van der Waals surface area contributed by atoms with Crippen LogP contribution in [0, 0.1) is 0 Å². The molecule has 0 saturated heterocycles. The third kappa shape index (κ3) is 3.61. The summed E-state index contributed by atoms with van der Waals surface area (Å²) in [6.07, 6.45) is 1.81. The maximum absolute atomic E-state index is 5.04. The predicted molar refractivity (Wildman–Crippen MR) is 125 cm³/mol. The zero-order valence-electron chi connectivity index (χ0n) is 16.2. The van der Waals surface area contributed by atoms with Gasteiger partial charge in [0.25, 0.3) is 0 Å². The van der Waals surface area contributed by atoms with Crippen LogP contribution >= 0.6 is 11.3 Å². The second kappa shape index (κ2) is 8.31. The Labute approximate surface area is 179 Å². The molecule has 0 saturated carbocycles. The summed E-state index contributed by atoms with van der Waals surface area (Å²) in [6.45, 7) is 0. The molecule has 0 unspecified atom stereocenters. The molecule has 5 aromatic rings. The van der Waals surface area contributed by atoms with E-state index in [1.165, 1.54) is 0 Å². The van der Waals surface area contributed by atoms with Crippen LogP contribution in [0.15, 0.2) is 115 Å². The zero-order chi connectivity index (χ0) is 20.2. The average Bonchev–Trinajstić information content (AvgIpc) is 3.27. The summed E-state index contributed by atoms with van der Waals surface area (Å²) < 4.78 is 0. The molecule has 0 aliphatic carbocycles. The lowest BCUT2D eigenvalue weighted by molar-refractivity contribution is 1.27. The van der Waals surface area contributed by atoms with E-state index in [-0.39, 0.29) is 0 Å². The molecule has 0 aliphatic rings. The number of rotatable bonds is 5. The molecule has 3 aromatic carbocycles. The molecule has 5 rings (SSSR count). The Balaban J connectivity index is 1.75. The average molecular weight is 406 g/mol. The molecule has 0 N–H and O–H groups in total. The smallest absolute Gasteiger partial charge is 0.144 e. The van der Waals surface area contributed by atoms with E-state index in [0.717, 1.165) is 38.3 Å². The van der Waals surface area contributed by atoms with Gasteiger partial charge >= 0.3 is 0 Å². The van der Waals surface area contributed by atoms with Crippen molar-refractivity contribution < 1.29 is 0 Å². The first-order valence-corrected chi connectivity index (χ1v) is 10.6. The number of benzene rings is 3. The zero-order valence-corrected chi connectivity index (χ0v) is 17.0. The molecule has 0 aliphatic heterocycles. The van der Waals surface area contributed by atoms with Gasteiger partial charge in [-0.1, -0.05) is 84.1 Å². The van der Waals surface area contributed by atoms with Gasteiger partial charge in [-0.15, -0.1) is 0 Å². The van der Waals surface area contributed by atoms with Crippen LogP contribution in [-0.2, 0) is 0 Å². The summed E-state index contributed by atoms with van der Waals surface area (Å²) in [5.41, 5.74) is 5.11. The molecule has 4 heteroatoms. The van der Waals surface area contributed by atoms with E-state index in [9.17, 15) is 0 Å². The summed E-state index contributed by atoms with van der Waals surface area (Å²) in [6, 6.07) is 37.1. The largest absolute Gasteiger partial charge is 0.300 e. The van der Waals surface area contributed by atoms with Crippen molar-refractivity contribution in [2.45, 2.75) is 0 Å². The second-order valence-electron chi connectivity index (χ2n) is 6.76. The lowest BCUT2D eigenvalue weighted by Gasteiger charge is -2.24. The quantitative estimate of drug-likeness (QED) is 0.306. The summed E-state index contributed by atoms with van der Waals surface area (Å²) in [7, 11) is 0. The number of hydrogen-bond acceptors (Lipinski definition) is 4. The SMILES string of the molecule is c1ccc(-c2nc(-c3ccccn3)sc2N(c2ccccc2)c2ccccc2)cc1. The van der Waals surface area contributed by atoms with E-state index < -0.39 is 0 Å². The minimum Gasteiger partial charge on any atom is -0.300 e. The van der Waals surface area contributed by atoms with Crippen LogP contribution < -0.4 is 4.90 Å². The van der Waals surface area contributed by atoms with Crippen LogP contribution in [0.25, 0.3) is 22.0 Å². The number of thiazole rings is 1. The summed E-state index contributed by atoms with van der Waals surface area (Å²) in [5, 5.41) is 1.97. The molecular weight excluding hydrogens is 386 g/mol. The van der Waals surface area contributed by atoms with Crippen LogP contribution in [0.4, 0.5) is 16.4 Å². The van der Waals surface area contributed by atoms with Crippen molar-refractivity contribution in [3.8, 4) is 22.0 Å². The molecule has 2 aromatic heterocycles. The van der Waals surface area contributed by atoms with Crippen molar-refractivity contribution in [1.29, 1.82) is 0 Å². The fraction of sp³-hybridized carbons (Fsp3) is 0. The van der Waals surface area contributed by atoms with E-state index in [4.69, 9.17) is 4.98 Å². The van der Waals surface area contributed by atoms with E-state index in [1.807, 2.05) is 54.7 Å². The van der Waals surface area contributed by atoms with Gasteiger partial charge < -0.3 is 4.90 Å². The molecule has 0 atom stereocenters. The van der Waals surface area contributed by atoms with Crippen LogP contribution in [-0.4, -0.2) is 9.97 Å². The molecule has 0 bridgehead atoms. The van der Waals surface area contributed by atoms with Crippen LogP contribution in [0.1, 0.15) is 0 Å². The normalized spacial score (nSPS) is 10.7. The van der Waals surface area contributed by atoms with E-state index in [0.29, 0.717) is 0 Å². The van der Waals surface area contributed by atoms with Gasteiger partial charge in [-0.25, -0.2) is 4.98 Å². The molecule has 0 radical (unpaired) electrons. The summed E-state index contributed by atoms with van der Waals surface area (Å²) in [4.78, 5) is 11.8. The Morgan fingerprint density at radius 3 is 1.73 bits per heavy atom. The highest BCUT2D eigenvalue weighted by atomic mass is 32.1. The Bertz CT molecular complexity index is 1180. The van der Waals surface area contributed by atoms with Crippen LogP contribution in [0.5, 0.6) is 0 Å². The molecule has 2 heterocycles. The second-order valence-corrected chi connectivity index (χ2v) is 7.74. The van der Waals surface area contributed by atoms with Gasteiger partial charge in [0.1, 0.15) is 15.7 Å². The van der Waals surface area contributed by atoms with Gasteiger partial charge in [-0.05, 0) is 36.4 Å². The Kier molecular flexibility index (Phi) is 5.06. The van der Waals surface area contributed by atoms with Gasteiger partial charge in [0.15, 0.2) is 0 Å². The minimum absolute atomic E-state index is 0.881. The number of aromatic nitrogens is 2. The summed E-state index contributed by atoms with van der Waals surface area (Å²) in [5.74, 6) is 0. The van der Waals surface area contributed by atoms with E-state index in [1.54, 1.807) is 11.3 Å². The number of pyridine rings is 1. The number of hydrogen-bond donors (Lipinski definition) is 0. The first kappa shape index (κ1) is 18.3. The van der Waals surface area contributed by atoms with Gasteiger partial charge in [-0.2, -0.15) is 0 Å². The highest BCUT2D eigenvalue weighted by molar-refractivity contribution is 7.19. The standard InChI is InChI=1S/C26H19N3S/c1-4-12-20(13-5-1)24-26(30-25(28-24)23-18-10-11-19-27-23)29(21-14-6-2-7-15-21)22-16-8-3-9-17-22/h1-19H. The topological polar surface area (TPSA) is 29.0 Å². The maximum Gasteiger partial charge on any atom is 0.144 e. The molecule has 30 heavy (non-hydrogen) atoms. The molecule has 3 nitrogen and oxygen atoms in total. The molecule has 144 valence electrons. The fourth-order valence-corrected chi connectivity index (χ4v) is 4.49. The minimum atomic E-state index is 0.881. The predicted octanol–water partition coefficient (Wildman–Crippen LogP) is 7.34. The van der Waals surface area contributed by atoms with E-state index >= 15 is 0 Å². The van der Waals surface area contributed by atoms with Gasteiger partial charge in [0, 0.05) is 23.1 Å². The first-order valence-electron chi connectivity index (χ1n) is 9.78. The lowest BCUT2D eigenvalue weighted by Crippen LogP contribution is -2.09. The number of anilines is 3. The van der Waals surface area contributed by atoms with Crippen molar-refractivity contribution in [2.24, 2.45) is 0 Å². The Morgan fingerprint density at radius 2 is 1.17 bits per heavy atom. The number of para-hydroxylation sites is 2. The monoisotopic (exact) mass is 405 g/mol. The number of nitrogens with zero attached hydrogens (tertiary/aromatic N) is 3.